The van der Waals surface area contributed by atoms with Crippen LogP contribution in [0.2, 0.25) is 0 Å². The third-order valence-electron chi connectivity index (χ3n) is 3.94. The van der Waals surface area contributed by atoms with Crippen LogP contribution >= 0.6 is 0 Å². The molecule has 0 aliphatic heterocycles. The SMILES string of the molecule is Cc1ccc([C@H](C)NC(=O)COC(=O)c2ccc(O)cc2O)cc1C. The third-order valence-corrected chi connectivity index (χ3v) is 3.94. The first-order chi connectivity index (χ1) is 11.8. The van der Waals surface area contributed by atoms with E-state index in [4.69, 9.17) is 4.74 Å². The van der Waals surface area contributed by atoms with E-state index in [0.717, 1.165) is 17.2 Å². The lowest BCUT2D eigenvalue weighted by Gasteiger charge is -2.16. The summed E-state index contributed by atoms with van der Waals surface area (Å²) in [7, 11) is 0. The smallest absolute Gasteiger partial charge is 0.342 e. The summed E-state index contributed by atoms with van der Waals surface area (Å²) in [6, 6.07) is 9.20. The van der Waals surface area contributed by atoms with Gasteiger partial charge in [-0.2, -0.15) is 0 Å². The molecule has 0 saturated carbocycles. The number of rotatable bonds is 5. The van der Waals surface area contributed by atoms with E-state index in [1.54, 1.807) is 0 Å². The number of carbonyl (C=O) groups is 2. The molecule has 2 rings (SSSR count). The van der Waals surface area contributed by atoms with Crippen LogP contribution in [0.15, 0.2) is 36.4 Å². The van der Waals surface area contributed by atoms with Gasteiger partial charge in [-0.3, -0.25) is 4.79 Å². The van der Waals surface area contributed by atoms with Gasteiger partial charge in [0.2, 0.25) is 0 Å². The molecule has 2 aromatic carbocycles. The minimum atomic E-state index is -0.841. The number of benzene rings is 2. The van der Waals surface area contributed by atoms with Crippen molar-refractivity contribution in [3.63, 3.8) is 0 Å². The zero-order chi connectivity index (χ0) is 18.6. The number of hydrogen-bond donors (Lipinski definition) is 3. The van der Waals surface area contributed by atoms with Crippen molar-refractivity contribution in [2.75, 3.05) is 6.61 Å². The maximum absolute atomic E-state index is 12.0. The Kier molecular flexibility index (Phi) is 5.64. The second-order valence-electron chi connectivity index (χ2n) is 5.91. The number of ether oxygens (including phenoxy) is 1. The van der Waals surface area contributed by atoms with Gasteiger partial charge in [-0.1, -0.05) is 18.2 Å². The summed E-state index contributed by atoms with van der Waals surface area (Å²) in [4.78, 5) is 23.8. The predicted octanol–water partition coefficient (Wildman–Crippen LogP) is 2.75. The molecule has 1 atom stereocenters. The summed E-state index contributed by atoms with van der Waals surface area (Å²) < 4.78 is 4.90. The molecule has 1 amide bonds. The van der Waals surface area contributed by atoms with Gasteiger partial charge >= 0.3 is 5.97 Å². The van der Waals surface area contributed by atoms with Crippen molar-refractivity contribution in [2.45, 2.75) is 26.8 Å². The molecule has 0 unspecified atom stereocenters. The molecule has 0 aromatic heterocycles. The van der Waals surface area contributed by atoms with Crippen molar-refractivity contribution < 1.29 is 24.5 Å². The second-order valence-corrected chi connectivity index (χ2v) is 5.91. The average molecular weight is 343 g/mol. The number of esters is 1. The Labute approximate surface area is 146 Å². The van der Waals surface area contributed by atoms with Crippen LogP contribution in [0, 0.1) is 13.8 Å². The molecule has 3 N–H and O–H groups in total. The molecular formula is C19H21NO5. The van der Waals surface area contributed by atoms with Gasteiger partial charge < -0.3 is 20.3 Å². The predicted molar refractivity (Wildman–Crippen MR) is 92.5 cm³/mol. The Hall–Kier alpha value is -3.02. The van der Waals surface area contributed by atoms with E-state index in [2.05, 4.69) is 5.32 Å². The van der Waals surface area contributed by atoms with Gasteiger partial charge in [-0.05, 0) is 49.6 Å². The first kappa shape index (κ1) is 18.3. The number of aryl methyl sites for hydroxylation is 2. The number of amides is 1. The highest BCUT2D eigenvalue weighted by molar-refractivity contribution is 5.94. The van der Waals surface area contributed by atoms with Crippen molar-refractivity contribution >= 4 is 11.9 Å². The number of nitrogens with one attached hydrogen (secondary N) is 1. The standard InChI is InChI=1S/C19H21NO5/c1-11-4-5-14(8-12(11)2)13(3)20-18(23)10-25-19(24)16-7-6-15(21)9-17(16)22/h4-9,13,21-22H,10H2,1-3H3,(H,20,23)/t13-/m0/s1. The largest absolute Gasteiger partial charge is 0.508 e. The molecule has 0 bridgehead atoms. The number of aromatic hydroxyl groups is 2. The molecule has 0 aliphatic carbocycles. The molecule has 6 nitrogen and oxygen atoms in total. The molecule has 0 saturated heterocycles. The maximum Gasteiger partial charge on any atom is 0.342 e. The van der Waals surface area contributed by atoms with Gasteiger partial charge in [0.1, 0.15) is 17.1 Å². The summed E-state index contributed by atoms with van der Waals surface area (Å²) in [6.45, 7) is 5.39. The highest BCUT2D eigenvalue weighted by atomic mass is 16.5. The summed E-state index contributed by atoms with van der Waals surface area (Å²) in [5.74, 6) is -1.87. The molecular weight excluding hydrogens is 322 g/mol. The molecule has 132 valence electrons. The van der Waals surface area contributed by atoms with Crippen LogP contribution in [0.5, 0.6) is 11.5 Å². The monoisotopic (exact) mass is 343 g/mol. The number of carbonyl (C=O) groups excluding carboxylic acids is 2. The first-order valence-electron chi connectivity index (χ1n) is 7.83. The Bertz CT molecular complexity index is 800. The third kappa shape index (κ3) is 4.73. The van der Waals surface area contributed by atoms with Gasteiger partial charge in [0.15, 0.2) is 6.61 Å². The molecule has 0 heterocycles. The van der Waals surface area contributed by atoms with E-state index in [1.807, 2.05) is 39.0 Å². The molecule has 0 radical (unpaired) electrons. The number of phenolic OH excluding ortho intramolecular Hbond substituents is 2. The van der Waals surface area contributed by atoms with Gasteiger partial charge in [0.25, 0.3) is 5.91 Å². The number of hydrogen-bond acceptors (Lipinski definition) is 5. The second kappa shape index (κ2) is 7.70. The van der Waals surface area contributed by atoms with Crippen molar-refractivity contribution in [2.24, 2.45) is 0 Å². The summed E-state index contributed by atoms with van der Waals surface area (Å²) in [5, 5.41) is 21.6. The lowest BCUT2D eigenvalue weighted by Crippen LogP contribution is -2.31. The first-order valence-corrected chi connectivity index (χ1v) is 7.83. The summed E-state index contributed by atoms with van der Waals surface area (Å²) in [6.07, 6.45) is 0. The fourth-order valence-corrected chi connectivity index (χ4v) is 2.30. The van der Waals surface area contributed by atoms with Gasteiger partial charge in [-0.25, -0.2) is 4.79 Å². The van der Waals surface area contributed by atoms with Crippen molar-refractivity contribution in [3.05, 3.63) is 58.7 Å². The minimum absolute atomic E-state index is 0.118. The van der Waals surface area contributed by atoms with Gasteiger partial charge in [-0.15, -0.1) is 0 Å². The topological polar surface area (TPSA) is 95.9 Å². The highest BCUT2D eigenvalue weighted by Crippen LogP contribution is 2.23. The lowest BCUT2D eigenvalue weighted by atomic mass is 10.0. The Morgan fingerprint density at radius 1 is 1.08 bits per heavy atom. The van der Waals surface area contributed by atoms with E-state index in [0.29, 0.717) is 0 Å². The van der Waals surface area contributed by atoms with Crippen LogP contribution in [0.25, 0.3) is 0 Å². The van der Waals surface area contributed by atoms with Crippen LogP contribution in [-0.2, 0) is 9.53 Å². The van der Waals surface area contributed by atoms with E-state index in [-0.39, 0.29) is 17.4 Å². The fraction of sp³-hybridized carbons (Fsp3) is 0.263. The van der Waals surface area contributed by atoms with Gasteiger partial charge in [0.05, 0.1) is 6.04 Å². The Morgan fingerprint density at radius 3 is 2.44 bits per heavy atom. The van der Waals surface area contributed by atoms with Crippen molar-refractivity contribution in [1.82, 2.24) is 5.32 Å². The van der Waals surface area contributed by atoms with Crippen LogP contribution < -0.4 is 5.32 Å². The molecule has 0 spiro atoms. The van der Waals surface area contributed by atoms with Crippen LogP contribution in [-0.4, -0.2) is 28.7 Å². The Morgan fingerprint density at radius 2 is 1.80 bits per heavy atom. The molecule has 0 fully saturated rings. The average Bonchev–Trinajstić information content (AvgIpc) is 2.55. The van der Waals surface area contributed by atoms with E-state index < -0.39 is 24.2 Å². The van der Waals surface area contributed by atoms with Crippen LogP contribution in [0.4, 0.5) is 0 Å². The molecule has 25 heavy (non-hydrogen) atoms. The van der Waals surface area contributed by atoms with E-state index in [9.17, 15) is 19.8 Å². The van der Waals surface area contributed by atoms with E-state index in [1.165, 1.54) is 17.7 Å². The van der Waals surface area contributed by atoms with Gasteiger partial charge in [0, 0.05) is 6.07 Å². The normalized spacial score (nSPS) is 11.6. The minimum Gasteiger partial charge on any atom is -0.508 e. The van der Waals surface area contributed by atoms with Crippen LogP contribution in [0.3, 0.4) is 0 Å². The fourth-order valence-electron chi connectivity index (χ4n) is 2.30. The van der Waals surface area contributed by atoms with Crippen LogP contribution in [0.1, 0.15) is 40.0 Å². The van der Waals surface area contributed by atoms with E-state index >= 15 is 0 Å². The molecule has 2 aromatic rings. The summed E-state index contributed by atoms with van der Waals surface area (Å²) in [5.41, 5.74) is 3.14. The lowest BCUT2D eigenvalue weighted by molar-refractivity contribution is -0.124. The number of phenols is 2. The molecule has 0 aliphatic rings. The van der Waals surface area contributed by atoms with Crippen molar-refractivity contribution in [3.8, 4) is 11.5 Å². The molecule has 6 heteroatoms. The van der Waals surface area contributed by atoms with Crippen molar-refractivity contribution in [1.29, 1.82) is 0 Å². The quantitative estimate of drug-likeness (QED) is 0.726. The zero-order valence-corrected chi connectivity index (χ0v) is 14.4. The maximum atomic E-state index is 12.0. The highest BCUT2D eigenvalue weighted by Gasteiger charge is 2.16. The Balaban J connectivity index is 1.91. The zero-order valence-electron chi connectivity index (χ0n) is 14.4. The summed E-state index contributed by atoms with van der Waals surface area (Å²) >= 11 is 0.